The number of benzene rings is 3. The molecule has 0 aliphatic heterocycles. The first-order valence-electron chi connectivity index (χ1n) is 12.2. The zero-order valence-corrected chi connectivity index (χ0v) is 23.4. The van der Waals surface area contributed by atoms with E-state index in [4.69, 9.17) is 23.6 Å². The molecule has 0 bridgehead atoms. The quantitative estimate of drug-likeness (QED) is 0.138. The molecule has 0 aliphatic rings. The first-order valence-corrected chi connectivity index (χ1v) is 13.2. The van der Waals surface area contributed by atoms with Gasteiger partial charge in [0.2, 0.25) is 17.4 Å². The third-order valence-electron chi connectivity index (χ3n) is 6.25. The third kappa shape index (κ3) is 5.03. The van der Waals surface area contributed by atoms with Crippen LogP contribution < -0.4 is 19.8 Å². The number of thioether (sulfide) groups is 1. The highest BCUT2D eigenvalue weighted by molar-refractivity contribution is 7.99. The second kappa shape index (κ2) is 11.2. The summed E-state index contributed by atoms with van der Waals surface area (Å²) >= 11 is 1.13. The number of rotatable bonds is 9. The van der Waals surface area contributed by atoms with Crippen molar-refractivity contribution in [3.05, 3.63) is 82.0 Å². The summed E-state index contributed by atoms with van der Waals surface area (Å²) < 4.78 is 23.4. The van der Waals surface area contributed by atoms with E-state index in [1.54, 1.807) is 34.9 Å². The Morgan fingerprint density at radius 2 is 1.68 bits per heavy atom. The molecule has 10 nitrogen and oxygen atoms in total. The third-order valence-corrected chi connectivity index (χ3v) is 7.18. The second-order valence-electron chi connectivity index (χ2n) is 8.88. The molecule has 0 fully saturated rings. The van der Waals surface area contributed by atoms with Crippen LogP contribution >= 0.6 is 11.8 Å². The van der Waals surface area contributed by atoms with Crippen LogP contribution in [0.5, 0.6) is 17.2 Å². The molecule has 0 unspecified atom stereocenters. The van der Waals surface area contributed by atoms with E-state index in [-0.39, 0.29) is 23.1 Å². The van der Waals surface area contributed by atoms with Crippen LogP contribution in [0.1, 0.15) is 21.8 Å². The number of ether oxygens (including phenoxy) is 3. The molecule has 0 saturated carbocycles. The van der Waals surface area contributed by atoms with Gasteiger partial charge in [0.05, 0.1) is 43.7 Å². The maximum Gasteiger partial charge on any atom is 0.285 e. The van der Waals surface area contributed by atoms with Gasteiger partial charge in [0, 0.05) is 5.56 Å². The lowest BCUT2D eigenvalue weighted by Gasteiger charge is -2.15. The van der Waals surface area contributed by atoms with Crippen LogP contribution in [0.25, 0.3) is 28.0 Å². The van der Waals surface area contributed by atoms with Crippen molar-refractivity contribution in [1.29, 1.82) is 0 Å². The fourth-order valence-corrected chi connectivity index (χ4v) is 5.18. The number of aromatic nitrogens is 4. The van der Waals surface area contributed by atoms with Crippen LogP contribution in [0.2, 0.25) is 0 Å². The van der Waals surface area contributed by atoms with Crippen molar-refractivity contribution in [3.8, 4) is 34.4 Å². The van der Waals surface area contributed by atoms with Gasteiger partial charge in [-0.1, -0.05) is 41.6 Å². The molecule has 5 aromatic rings. The highest BCUT2D eigenvalue weighted by atomic mass is 32.2. The molecule has 0 amide bonds. The topological polar surface area (TPSA) is 119 Å². The van der Waals surface area contributed by atoms with Crippen LogP contribution in [-0.2, 0) is 0 Å². The van der Waals surface area contributed by atoms with Gasteiger partial charge in [-0.15, -0.1) is 10.2 Å². The number of hydrogen-bond acceptors (Lipinski definition) is 10. The Balaban J connectivity index is 1.46. The van der Waals surface area contributed by atoms with Crippen molar-refractivity contribution in [3.63, 3.8) is 0 Å². The number of ketones is 1. The average Bonchev–Trinajstić information content (AvgIpc) is 3.46. The summed E-state index contributed by atoms with van der Waals surface area (Å²) in [4.78, 5) is 31.4. The zero-order valence-electron chi connectivity index (χ0n) is 22.5. The molecule has 0 saturated heterocycles. The highest BCUT2D eigenvalue weighted by Gasteiger charge is 2.22. The molecule has 3 aromatic carbocycles. The minimum atomic E-state index is -0.411. The fraction of sp³-hybridized carbons (Fsp3) is 0.207. The standard InChI is InChI=1S/C29H26N4O6S/c1-16-10-11-21(17(2)12-16)33-28(35)19-8-6-7-9-20(19)30-29(33)40-15-22(34)27-32-31-26(39-27)18-13-23(36-3)25(38-5)24(14-18)37-4/h6-14H,15H2,1-5H3. The molecule has 5 rings (SSSR count). The van der Waals surface area contributed by atoms with Gasteiger partial charge in [0.25, 0.3) is 11.4 Å². The molecule has 40 heavy (non-hydrogen) atoms. The van der Waals surface area contributed by atoms with Crippen LogP contribution in [0.3, 0.4) is 0 Å². The van der Waals surface area contributed by atoms with Gasteiger partial charge in [-0.3, -0.25) is 14.2 Å². The Morgan fingerprint density at radius 1 is 0.950 bits per heavy atom. The summed E-state index contributed by atoms with van der Waals surface area (Å²) in [6.45, 7) is 3.93. The van der Waals surface area contributed by atoms with E-state index in [2.05, 4.69) is 10.2 Å². The molecule has 204 valence electrons. The number of fused-ring (bicyclic) bond motifs is 1. The first kappa shape index (κ1) is 26.9. The lowest BCUT2D eigenvalue weighted by Crippen LogP contribution is -2.23. The Labute approximate surface area is 233 Å². The van der Waals surface area contributed by atoms with E-state index in [9.17, 15) is 9.59 Å². The maximum atomic E-state index is 13.6. The fourth-order valence-electron chi connectivity index (χ4n) is 4.33. The molecular formula is C29H26N4O6S. The van der Waals surface area contributed by atoms with Crippen molar-refractivity contribution in [2.75, 3.05) is 27.1 Å². The second-order valence-corrected chi connectivity index (χ2v) is 9.82. The smallest absolute Gasteiger partial charge is 0.285 e. The number of carbonyl (C=O) groups is 1. The molecular weight excluding hydrogens is 532 g/mol. The van der Waals surface area contributed by atoms with Gasteiger partial charge in [0.15, 0.2) is 16.7 Å². The Hall–Kier alpha value is -4.64. The van der Waals surface area contributed by atoms with Crippen molar-refractivity contribution < 1.29 is 23.4 Å². The number of carbonyl (C=O) groups excluding carboxylic acids is 1. The summed E-state index contributed by atoms with van der Waals surface area (Å²) in [5.41, 5.74) is 3.52. The number of aryl methyl sites for hydroxylation is 2. The van der Waals surface area contributed by atoms with E-state index in [1.807, 2.05) is 38.1 Å². The Bertz CT molecular complexity index is 1770. The molecule has 2 aromatic heterocycles. The van der Waals surface area contributed by atoms with Gasteiger partial charge in [-0.25, -0.2) is 4.98 Å². The minimum absolute atomic E-state index is 0.0768. The molecule has 0 N–H and O–H groups in total. The van der Waals surface area contributed by atoms with Crippen LogP contribution in [0, 0.1) is 13.8 Å². The molecule has 0 radical (unpaired) electrons. The maximum absolute atomic E-state index is 13.6. The number of hydrogen-bond donors (Lipinski definition) is 0. The van der Waals surface area contributed by atoms with Gasteiger partial charge >= 0.3 is 0 Å². The number of Topliss-reactive ketones (excluding diaryl/α,β-unsaturated/α-hetero) is 1. The number of methoxy groups -OCH3 is 3. The van der Waals surface area contributed by atoms with E-state index in [1.165, 1.54) is 21.3 Å². The minimum Gasteiger partial charge on any atom is -0.493 e. The monoisotopic (exact) mass is 558 g/mol. The van der Waals surface area contributed by atoms with E-state index in [0.717, 1.165) is 22.9 Å². The van der Waals surface area contributed by atoms with Gasteiger partial charge < -0.3 is 18.6 Å². The van der Waals surface area contributed by atoms with Crippen molar-refractivity contribution in [1.82, 2.24) is 19.7 Å². The van der Waals surface area contributed by atoms with E-state index >= 15 is 0 Å². The summed E-state index contributed by atoms with van der Waals surface area (Å²) in [5.74, 6) is 0.688. The lowest BCUT2D eigenvalue weighted by molar-refractivity contribution is 0.0986. The number of nitrogens with zero attached hydrogens (tertiary/aromatic N) is 4. The Kier molecular flexibility index (Phi) is 7.56. The zero-order chi connectivity index (χ0) is 28.4. The van der Waals surface area contributed by atoms with Crippen LogP contribution in [0.4, 0.5) is 0 Å². The molecule has 11 heteroatoms. The predicted octanol–water partition coefficient (Wildman–Crippen LogP) is 5.05. The summed E-state index contributed by atoms with van der Waals surface area (Å²) in [6, 6.07) is 16.3. The lowest BCUT2D eigenvalue weighted by atomic mass is 10.1. The highest BCUT2D eigenvalue weighted by Crippen LogP contribution is 2.41. The van der Waals surface area contributed by atoms with Crippen LogP contribution in [0.15, 0.2) is 69.0 Å². The van der Waals surface area contributed by atoms with Gasteiger partial charge in [-0.05, 0) is 49.7 Å². The first-order chi connectivity index (χ1) is 19.3. The van der Waals surface area contributed by atoms with Crippen LogP contribution in [-0.4, -0.2) is 52.6 Å². The SMILES string of the molecule is COc1cc(-c2nnc(C(=O)CSc3nc4ccccc4c(=O)n3-c3ccc(C)cc3C)o2)cc(OC)c1OC. The molecule has 0 spiro atoms. The van der Waals surface area contributed by atoms with Crippen molar-refractivity contribution >= 4 is 28.4 Å². The summed E-state index contributed by atoms with van der Waals surface area (Å²) in [6.07, 6.45) is 0. The molecule has 2 heterocycles. The predicted molar refractivity (Wildman–Crippen MR) is 151 cm³/mol. The summed E-state index contributed by atoms with van der Waals surface area (Å²) in [7, 11) is 4.50. The van der Waals surface area contributed by atoms with E-state index < -0.39 is 5.78 Å². The summed E-state index contributed by atoms with van der Waals surface area (Å²) in [5, 5.41) is 8.86. The van der Waals surface area contributed by atoms with Crippen molar-refractivity contribution in [2.45, 2.75) is 19.0 Å². The largest absolute Gasteiger partial charge is 0.493 e. The molecule has 0 atom stereocenters. The normalized spacial score (nSPS) is 11.0. The van der Waals surface area contributed by atoms with Crippen molar-refractivity contribution in [2.24, 2.45) is 0 Å². The average molecular weight is 559 g/mol. The van der Waals surface area contributed by atoms with E-state index in [0.29, 0.717) is 44.6 Å². The number of para-hydroxylation sites is 1. The van der Waals surface area contributed by atoms with Gasteiger partial charge in [-0.2, -0.15) is 0 Å². The Morgan fingerprint density at radius 3 is 2.35 bits per heavy atom. The molecule has 0 aliphatic carbocycles. The van der Waals surface area contributed by atoms with Gasteiger partial charge in [0.1, 0.15) is 0 Å².